The van der Waals surface area contributed by atoms with Crippen LogP contribution in [0.2, 0.25) is 0 Å². The number of nitro benzene ring substituents is 1. The third-order valence-corrected chi connectivity index (χ3v) is 2.12. The van der Waals surface area contributed by atoms with E-state index in [1.54, 1.807) is 0 Å². The van der Waals surface area contributed by atoms with E-state index >= 15 is 0 Å². The van der Waals surface area contributed by atoms with E-state index in [-0.39, 0.29) is 0 Å². The number of nitrogens with zero attached hydrogens (tertiary/aromatic N) is 2. The highest BCUT2D eigenvalue weighted by molar-refractivity contribution is 5.95. The number of Topliss-reactive ketones (excluding diaryl/α,β-unsaturated/α-hetero) is 1. The smallest absolute Gasteiger partial charge is 0.295 e. The third kappa shape index (κ3) is 2.45. The van der Waals surface area contributed by atoms with E-state index in [1.165, 1.54) is 6.07 Å². The van der Waals surface area contributed by atoms with Crippen LogP contribution in [0.4, 0.5) is 18.9 Å². The van der Waals surface area contributed by atoms with Gasteiger partial charge in [-0.1, -0.05) is 0 Å². The Morgan fingerprint density at radius 3 is 2.33 bits per heavy atom. The van der Waals surface area contributed by atoms with Crippen LogP contribution in [-0.4, -0.2) is 10.7 Å². The molecular weight excluding hydrogens is 253 g/mol. The molecule has 8 heteroatoms. The van der Waals surface area contributed by atoms with Gasteiger partial charge >= 0.3 is 6.18 Å². The molecule has 1 aromatic carbocycles. The lowest BCUT2D eigenvalue weighted by molar-refractivity contribution is -0.388. The lowest BCUT2D eigenvalue weighted by Crippen LogP contribution is -2.12. The predicted octanol–water partition coefficient (Wildman–Crippen LogP) is 2.69. The van der Waals surface area contributed by atoms with Crippen LogP contribution in [0.25, 0.3) is 0 Å². The summed E-state index contributed by atoms with van der Waals surface area (Å²) in [6, 6.07) is 2.44. The van der Waals surface area contributed by atoms with E-state index in [4.69, 9.17) is 5.26 Å². The minimum Gasteiger partial charge on any atom is -0.295 e. The van der Waals surface area contributed by atoms with Gasteiger partial charge in [-0.25, -0.2) is 0 Å². The minimum absolute atomic E-state index is 0.376. The molecule has 0 aromatic heterocycles. The molecular formula is C10H5F3N2O3. The number of carbonyl (C=O) groups excluding carboxylic acids is 1. The molecule has 0 unspecified atom stereocenters. The molecule has 94 valence electrons. The summed E-state index contributed by atoms with van der Waals surface area (Å²) < 4.78 is 37.9. The largest absolute Gasteiger partial charge is 0.423 e. The van der Waals surface area contributed by atoms with Gasteiger partial charge in [0, 0.05) is 5.56 Å². The topological polar surface area (TPSA) is 84.0 Å². The molecule has 0 radical (unpaired) electrons. The fraction of sp³-hybridized carbons (Fsp3) is 0.200. The van der Waals surface area contributed by atoms with Crippen LogP contribution in [0.15, 0.2) is 12.1 Å². The Hall–Kier alpha value is -2.43. The van der Waals surface area contributed by atoms with Crippen molar-refractivity contribution < 1.29 is 22.9 Å². The molecule has 0 aliphatic carbocycles. The zero-order valence-corrected chi connectivity index (χ0v) is 8.91. The summed E-state index contributed by atoms with van der Waals surface area (Å²) in [6.45, 7) is 1.00. The first kappa shape index (κ1) is 13.6. The number of carbonyl (C=O) groups is 1. The highest BCUT2D eigenvalue weighted by Gasteiger charge is 2.40. The second kappa shape index (κ2) is 4.44. The Kier molecular flexibility index (Phi) is 3.37. The number of hydrogen-bond donors (Lipinski definition) is 0. The first-order chi connectivity index (χ1) is 8.18. The summed E-state index contributed by atoms with van der Waals surface area (Å²) >= 11 is 0. The van der Waals surface area contributed by atoms with Crippen molar-refractivity contribution in [2.24, 2.45) is 0 Å². The van der Waals surface area contributed by atoms with Crippen molar-refractivity contribution in [1.82, 2.24) is 0 Å². The van der Waals surface area contributed by atoms with Crippen LogP contribution in [0.1, 0.15) is 28.4 Å². The Morgan fingerprint density at radius 1 is 1.44 bits per heavy atom. The van der Waals surface area contributed by atoms with Gasteiger partial charge < -0.3 is 0 Å². The molecule has 1 rings (SSSR count). The van der Waals surface area contributed by atoms with Crippen LogP contribution in [0, 0.1) is 21.4 Å². The lowest BCUT2D eigenvalue weighted by Gasteiger charge is -2.09. The van der Waals surface area contributed by atoms with Crippen LogP contribution in [0.3, 0.4) is 0 Å². The highest BCUT2D eigenvalue weighted by atomic mass is 19.4. The summed E-state index contributed by atoms with van der Waals surface area (Å²) in [4.78, 5) is 20.3. The third-order valence-electron chi connectivity index (χ3n) is 2.12. The SMILES string of the molecule is CC(=O)c1cc(C#N)c([N+](=O)[O-])c(C(F)(F)F)c1. The van der Waals surface area contributed by atoms with Crippen molar-refractivity contribution in [3.63, 3.8) is 0 Å². The number of halogens is 3. The lowest BCUT2D eigenvalue weighted by atomic mass is 10.0. The van der Waals surface area contributed by atoms with E-state index in [1.807, 2.05) is 0 Å². The maximum atomic E-state index is 12.6. The summed E-state index contributed by atoms with van der Waals surface area (Å²) in [5.41, 5.74) is -4.13. The van der Waals surface area contributed by atoms with Gasteiger partial charge in [0.05, 0.1) is 4.92 Å². The average Bonchev–Trinajstić information content (AvgIpc) is 2.25. The van der Waals surface area contributed by atoms with E-state index in [0.717, 1.165) is 13.0 Å². The van der Waals surface area contributed by atoms with Crippen LogP contribution in [-0.2, 0) is 6.18 Å². The van der Waals surface area contributed by atoms with Crippen molar-refractivity contribution >= 4 is 11.5 Å². The zero-order chi connectivity index (χ0) is 14.1. The quantitative estimate of drug-likeness (QED) is 0.463. The molecule has 1 aromatic rings. The Bertz CT molecular complexity index is 573. The van der Waals surface area contributed by atoms with Gasteiger partial charge in [-0.15, -0.1) is 0 Å². The van der Waals surface area contributed by atoms with E-state index in [0.29, 0.717) is 6.07 Å². The molecule has 0 saturated heterocycles. The molecule has 0 saturated carbocycles. The van der Waals surface area contributed by atoms with Crippen molar-refractivity contribution in [2.45, 2.75) is 13.1 Å². The zero-order valence-electron chi connectivity index (χ0n) is 8.91. The summed E-state index contributed by atoms with van der Waals surface area (Å²) in [7, 11) is 0. The molecule has 0 fully saturated rings. The van der Waals surface area contributed by atoms with Gasteiger partial charge in [0.1, 0.15) is 17.2 Å². The maximum Gasteiger partial charge on any atom is 0.423 e. The first-order valence-electron chi connectivity index (χ1n) is 4.49. The van der Waals surface area contributed by atoms with Gasteiger partial charge in [-0.05, 0) is 19.1 Å². The number of alkyl halides is 3. The minimum atomic E-state index is -5.01. The molecule has 0 spiro atoms. The number of rotatable bonds is 2. The van der Waals surface area contributed by atoms with Gasteiger partial charge in [0.2, 0.25) is 0 Å². The fourth-order valence-corrected chi connectivity index (χ4v) is 1.34. The molecule has 0 atom stereocenters. The molecule has 5 nitrogen and oxygen atoms in total. The summed E-state index contributed by atoms with van der Waals surface area (Å²) in [6.07, 6.45) is -5.01. The molecule has 0 heterocycles. The van der Waals surface area contributed by atoms with Crippen LogP contribution >= 0.6 is 0 Å². The molecule has 18 heavy (non-hydrogen) atoms. The number of nitro groups is 1. The Morgan fingerprint density at radius 2 is 2.00 bits per heavy atom. The monoisotopic (exact) mass is 258 g/mol. The number of hydrogen-bond acceptors (Lipinski definition) is 4. The normalized spacial score (nSPS) is 10.8. The van der Waals surface area contributed by atoms with Crippen molar-refractivity contribution in [2.75, 3.05) is 0 Å². The van der Waals surface area contributed by atoms with Crippen LogP contribution in [0.5, 0.6) is 0 Å². The van der Waals surface area contributed by atoms with Gasteiger partial charge in [0.25, 0.3) is 5.69 Å². The molecule has 0 bridgehead atoms. The summed E-state index contributed by atoms with van der Waals surface area (Å²) in [5.74, 6) is -0.716. The second-order valence-corrected chi connectivity index (χ2v) is 3.34. The van der Waals surface area contributed by atoms with E-state index < -0.39 is 39.3 Å². The molecule has 0 aliphatic rings. The van der Waals surface area contributed by atoms with Crippen molar-refractivity contribution in [3.8, 4) is 6.07 Å². The molecule has 0 amide bonds. The van der Waals surface area contributed by atoms with Crippen molar-refractivity contribution in [3.05, 3.63) is 38.9 Å². The number of ketones is 1. The summed E-state index contributed by atoms with van der Waals surface area (Å²) in [5, 5.41) is 19.2. The molecule has 0 aliphatic heterocycles. The van der Waals surface area contributed by atoms with Crippen molar-refractivity contribution in [1.29, 1.82) is 5.26 Å². The maximum absolute atomic E-state index is 12.6. The number of benzene rings is 1. The van der Waals surface area contributed by atoms with Gasteiger partial charge in [0.15, 0.2) is 5.78 Å². The fourth-order valence-electron chi connectivity index (χ4n) is 1.34. The van der Waals surface area contributed by atoms with E-state index in [9.17, 15) is 28.1 Å². The van der Waals surface area contributed by atoms with Crippen LogP contribution < -0.4 is 0 Å². The van der Waals surface area contributed by atoms with E-state index in [2.05, 4.69) is 0 Å². The Balaban J connectivity index is 3.75. The van der Waals surface area contributed by atoms with Gasteiger partial charge in [-0.3, -0.25) is 14.9 Å². The van der Waals surface area contributed by atoms with Gasteiger partial charge in [-0.2, -0.15) is 18.4 Å². The standard InChI is InChI=1S/C10H5F3N2O3/c1-5(16)6-2-7(4-14)9(15(17)18)8(3-6)10(11,12)13/h2-3H,1H3. The Labute approximate surface area is 98.6 Å². The number of nitriles is 1. The predicted molar refractivity (Wildman–Crippen MR) is 52.8 cm³/mol. The first-order valence-corrected chi connectivity index (χ1v) is 4.49. The second-order valence-electron chi connectivity index (χ2n) is 3.34. The highest BCUT2D eigenvalue weighted by Crippen LogP contribution is 2.38. The molecule has 0 N–H and O–H groups in total. The average molecular weight is 258 g/mol.